The molecule has 8 heteroatoms. The van der Waals surface area contributed by atoms with Crippen LogP contribution in [0.1, 0.15) is 11.6 Å². The number of nitrogens with one attached hydrogen (secondary N) is 1. The standard InChI is InChI=1S/C21H27N5O3/c1-26(2)16(13-8-6-7-9-17(13)27-3)12-23-21-24-15-11-19(29-5)18(28-4)10-14(15)20(22)25-21/h6-11,16H,12H2,1-5H3,(H3,22,23,24,25). The molecule has 2 aromatic carbocycles. The molecule has 1 heterocycles. The van der Waals surface area contributed by atoms with Crippen molar-refractivity contribution in [2.45, 2.75) is 6.04 Å². The van der Waals surface area contributed by atoms with Crippen LogP contribution in [0.5, 0.6) is 17.2 Å². The van der Waals surface area contributed by atoms with Gasteiger partial charge in [-0.15, -0.1) is 0 Å². The van der Waals surface area contributed by atoms with Gasteiger partial charge in [0.05, 0.1) is 32.9 Å². The highest BCUT2D eigenvalue weighted by Crippen LogP contribution is 2.34. The maximum Gasteiger partial charge on any atom is 0.225 e. The predicted octanol–water partition coefficient (Wildman–Crippen LogP) is 2.95. The summed E-state index contributed by atoms with van der Waals surface area (Å²) in [5.74, 6) is 2.83. The van der Waals surface area contributed by atoms with Crippen LogP contribution in [0, 0.1) is 0 Å². The molecule has 0 aliphatic rings. The van der Waals surface area contributed by atoms with E-state index in [2.05, 4.69) is 26.3 Å². The highest BCUT2D eigenvalue weighted by Gasteiger charge is 2.19. The molecule has 1 unspecified atom stereocenters. The largest absolute Gasteiger partial charge is 0.496 e. The van der Waals surface area contributed by atoms with Crippen molar-refractivity contribution in [1.29, 1.82) is 0 Å². The van der Waals surface area contributed by atoms with E-state index in [1.165, 1.54) is 0 Å². The number of likely N-dealkylation sites (N-methyl/N-ethyl adjacent to an activating group) is 1. The second-order valence-electron chi connectivity index (χ2n) is 6.76. The molecule has 0 saturated heterocycles. The highest BCUT2D eigenvalue weighted by molar-refractivity contribution is 5.91. The van der Waals surface area contributed by atoms with Gasteiger partial charge in [-0.1, -0.05) is 18.2 Å². The van der Waals surface area contributed by atoms with Crippen LogP contribution in [0.2, 0.25) is 0 Å². The minimum Gasteiger partial charge on any atom is -0.496 e. The van der Waals surface area contributed by atoms with E-state index in [0.29, 0.717) is 40.7 Å². The fraction of sp³-hybridized carbons (Fsp3) is 0.333. The normalized spacial score (nSPS) is 12.1. The first kappa shape index (κ1) is 20.5. The molecule has 0 fully saturated rings. The molecule has 3 rings (SSSR count). The predicted molar refractivity (Wildman–Crippen MR) is 115 cm³/mol. The Kier molecular flexibility index (Phi) is 6.23. The summed E-state index contributed by atoms with van der Waals surface area (Å²) in [5.41, 5.74) is 7.93. The second-order valence-corrected chi connectivity index (χ2v) is 6.76. The molecular weight excluding hydrogens is 370 g/mol. The van der Waals surface area contributed by atoms with Gasteiger partial charge < -0.3 is 30.2 Å². The number of rotatable bonds is 8. The lowest BCUT2D eigenvalue weighted by molar-refractivity contribution is 0.299. The van der Waals surface area contributed by atoms with Crippen LogP contribution < -0.4 is 25.3 Å². The highest BCUT2D eigenvalue weighted by atomic mass is 16.5. The van der Waals surface area contributed by atoms with Gasteiger partial charge in [0.2, 0.25) is 5.95 Å². The first-order valence-electron chi connectivity index (χ1n) is 9.21. The van der Waals surface area contributed by atoms with E-state index in [4.69, 9.17) is 19.9 Å². The van der Waals surface area contributed by atoms with Crippen LogP contribution in [-0.2, 0) is 0 Å². The maximum atomic E-state index is 6.18. The zero-order chi connectivity index (χ0) is 21.0. The van der Waals surface area contributed by atoms with Crippen molar-refractivity contribution in [3.05, 3.63) is 42.0 Å². The van der Waals surface area contributed by atoms with Gasteiger partial charge in [0.1, 0.15) is 11.6 Å². The first-order chi connectivity index (χ1) is 14.0. The lowest BCUT2D eigenvalue weighted by Crippen LogP contribution is -2.27. The molecule has 0 saturated carbocycles. The van der Waals surface area contributed by atoms with Crippen LogP contribution in [0.3, 0.4) is 0 Å². The van der Waals surface area contributed by atoms with Crippen molar-refractivity contribution in [3.63, 3.8) is 0 Å². The Morgan fingerprint density at radius 1 is 0.966 bits per heavy atom. The third-order valence-corrected chi connectivity index (χ3v) is 4.81. The summed E-state index contributed by atoms with van der Waals surface area (Å²) in [6.07, 6.45) is 0. The Balaban J connectivity index is 1.90. The number of ether oxygens (including phenoxy) is 3. The number of methoxy groups -OCH3 is 3. The van der Waals surface area contributed by atoms with Crippen LogP contribution in [0.4, 0.5) is 11.8 Å². The van der Waals surface area contributed by atoms with E-state index in [1.54, 1.807) is 33.5 Å². The van der Waals surface area contributed by atoms with Crippen molar-refractivity contribution in [2.24, 2.45) is 0 Å². The van der Waals surface area contributed by atoms with E-state index in [0.717, 1.165) is 11.3 Å². The molecule has 8 nitrogen and oxygen atoms in total. The number of hydrogen-bond donors (Lipinski definition) is 2. The van der Waals surface area contributed by atoms with Crippen molar-refractivity contribution in [3.8, 4) is 17.2 Å². The van der Waals surface area contributed by atoms with Gasteiger partial charge in [-0.05, 0) is 26.2 Å². The second kappa shape index (κ2) is 8.83. The Hall–Kier alpha value is -3.26. The molecular formula is C21H27N5O3. The summed E-state index contributed by atoms with van der Waals surface area (Å²) in [6, 6.07) is 11.6. The molecule has 0 spiro atoms. The average molecular weight is 397 g/mol. The molecule has 154 valence electrons. The number of aromatic nitrogens is 2. The molecule has 0 bridgehead atoms. The quantitative estimate of drug-likeness (QED) is 0.599. The van der Waals surface area contributed by atoms with Crippen LogP contribution in [0.15, 0.2) is 36.4 Å². The molecule has 0 aliphatic heterocycles. The maximum absolute atomic E-state index is 6.18. The monoisotopic (exact) mass is 397 g/mol. The zero-order valence-electron chi connectivity index (χ0n) is 17.4. The van der Waals surface area contributed by atoms with E-state index in [-0.39, 0.29) is 6.04 Å². The lowest BCUT2D eigenvalue weighted by Gasteiger charge is -2.26. The zero-order valence-corrected chi connectivity index (χ0v) is 17.4. The van der Waals surface area contributed by atoms with Gasteiger partial charge >= 0.3 is 0 Å². The van der Waals surface area contributed by atoms with Crippen LogP contribution in [0.25, 0.3) is 10.9 Å². The number of benzene rings is 2. The van der Waals surface area contributed by atoms with Gasteiger partial charge in [-0.3, -0.25) is 0 Å². The summed E-state index contributed by atoms with van der Waals surface area (Å²) in [5, 5.41) is 4.01. The Morgan fingerprint density at radius 2 is 1.62 bits per heavy atom. The Bertz CT molecular complexity index is 993. The fourth-order valence-electron chi connectivity index (χ4n) is 3.26. The molecule has 1 aromatic heterocycles. The lowest BCUT2D eigenvalue weighted by atomic mass is 10.0. The van der Waals surface area contributed by atoms with Crippen molar-refractivity contribution < 1.29 is 14.2 Å². The van der Waals surface area contributed by atoms with Gasteiger partial charge in [-0.25, -0.2) is 4.98 Å². The molecule has 0 amide bonds. The number of nitrogen functional groups attached to an aromatic ring is 1. The molecule has 0 aliphatic carbocycles. The van der Waals surface area contributed by atoms with E-state index in [9.17, 15) is 0 Å². The molecule has 29 heavy (non-hydrogen) atoms. The smallest absolute Gasteiger partial charge is 0.225 e. The van der Waals surface area contributed by atoms with E-state index >= 15 is 0 Å². The number of hydrogen-bond acceptors (Lipinski definition) is 8. The number of para-hydroxylation sites is 1. The van der Waals surface area contributed by atoms with E-state index in [1.807, 2.05) is 32.3 Å². The van der Waals surface area contributed by atoms with Crippen molar-refractivity contribution in [1.82, 2.24) is 14.9 Å². The summed E-state index contributed by atoms with van der Waals surface area (Å²) < 4.78 is 16.2. The SMILES string of the molecule is COc1cc2nc(NCC(c3ccccc3OC)N(C)C)nc(N)c2cc1OC. The van der Waals surface area contributed by atoms with Crippen molar-refractivity contribution >= 4 is 22.7 Å². The van der Waals surface area contributed by atoms with Gasteiger partial charge in [0.25, 0.3) is 0 Å². The minimum absolute atomic E-state index is 0.0528. The van der Waals surface area contributed by atoms with E-state index < -0.39 is 0 Å². The van der Waals surface area contributed by atoms with Crippen LogP contribution >= 0.6 is 0 Å². The number of anilines is 2. The molecule has 1 atom stereocenters. The summed E-state index contributed by atoms with van der Waals surface area (Å²) in [6.45, 7) is 0.575. The molecule has 3 N–H and O–H groups in total. The fourth-order valence-corrected chi connectivity index (χ4v) is 3.26. The van der Waals surface area contributed by atoms with Gasteiger partial charge in [-0.2, -0.15) is 4.98 Å². The summed E-state index contributed by atoms with van der Waals surface area (Å²) in [4.78, 5) is 11.1. The third-order valence-electron chi connectivity index (χ3n) is 4.81. The Morgan fingerprint density at radius 3 is 2.28 bits per heavy atom. The molecule has 3 aromatic rings. The van der Waals surface area contributed by atoms with Gasteiger partial charge in [0.15, 0.2) is 11.5 Å². The third kappa shape index (κ3) is 4.27. The summed E-state index contributed by atoms with van der Waals surface area (Å²) in [7, 11) is 8.88. The first-order valence-corrected chi connectivity index (χ1v) is 9.21. The topological polar surface area (TPSA) is 94.8 Å². The summed E-state index contributed by atoms with van der Waals surface area (Å²) >= 11 is 0. The average Bonchev–Trinajstić information content (AvgIpc) is 2.73. The number of nitrogens with two attached hydrogens (primary N) is 1. The van der Waals surface area contributed by atoms with Crippen LogP contribution in [-0.4, -0.2) is 56.8 Å². The molecule has 0 radical (unpaired) electrons. The minimum atomic E-state index is 0.0528. The van der Waals surface area contributed by atoms with Gasteiger partial charge in [0, 0.05) is 23.6 Å². The van der Waals surface area contributed by atoms with Crippen molar-refractivity contribution in [2.75, 3.05) is 53.0 Å². The number of nitrogens with zero attached hydrogens (tertiary/aromatic N) is 3. The Labute approximate surface area is 170 Å². The number of fused-ring (bicyclic) bond motifs is 1.